The average Bonchev–Trinajstić information content (AvgIpc) is 3.17. The lowest BCUT2D eigenvalue weighted by atomic mass is 9.74. The Kier molecular flexibility index (Phi) is 7.02. The molecule has 216 valence electrons. The lowest BCUT2D eigenvalue weighted by Gasteiger charge is -2.45. The number of fused-ring (bicyclic) bond motifs is 2. The molecule has 0 aliphatic carbocycles. The van der Waals surface area contributed by atoms with Crippen LogP contribution < -0.4 is 0 Å². The largest absolute Gasteiger partial charge is 0.465 e. The van der Waals surface area contributed by atoms with Gasteiger partial charge >= 0.3 is 5.97 Å². The maximum atomic E-state index is 14.8. The number of esters is 1. The Morgan fingerprint density at radius 2 is 1.70 bits per heavy atom. The van der Waals surface area contributed by atoms with Crippen LogP contribution in [0.5, 0.6) is 0 Å². The zero-order valence-corrected chi connectivity index (χ0v) is 24.4. The lowest BCUT2D eigenvalue weighted by molar-refractivity contribution is -0.163. The number of amides is 2. The number of ether oxygens (including phenoxy) is 2. The summed E-state index contributed by atoms with van der Waals surface area (Å²) in [6.45, 7) is 12.5. The van der Waals surface area contributed by atoms with Gasteiger partial charge in [-0.1, -0.05) is 75.4 Å². The molecule has 1 N–H and O–H groups in total. The molecular weight excluding hydrogens is 508 g/mol. The fourth-order valence-corrected chi connectivity index (χ4v) is 7.73. The highest BCUT2D eigenvalue weighted by atomic mass is 16.6. The molecule has 2 amide bonds. The summed E-state index contributed by atoms with van der Waals surface area (Å²) in [5.74, 6) is -3.06. The van der Waals surface area contributed by atoms with E-state index in [9.17, 15) is 19.5 Å². The van der Waals surface area contributed by atoms with Gasteiger partial charge in [0.05, 0.1) is 30.8 Å². The van der Waals surface area contributed by atoms with Gasteiger partial charge in [-0.2, -0.15) is 0 Å². The summed E-state index contributed by atoms with van der Waals surface area (Å²) >= 11 is 0. The summed E-state index contributed by atoms with van der Waals surface area (Å²) in [4.78, 5) is 46.3. The van der Waals surface area contributed by atoms with Gasteiger partial charge in [-0.3, -0.25) is 14.4 Å². The summed E-state index contributed by atoms with van der Waals surface area (Å²) in [7, 11) is 0. The molecule has 0 bridgehead atoms. The predicted octanol–water partition coefficient (Wildman–Crippen LogP) is 3.81. The minimum absolute atomic E-state index is 0.0553. The first-order valence-corrected chi connectivity index (χ1v) is 14.3. The normalized spacial score (nSPS) is 33.1. The molecule has 8 nitrogen and oxygen atoms in total. The monoisotopic (exact) mass is 550 g/mol. The lowest BCUT2D eigenvalue weighted by Crippen LogP contribution is -2.60. The minimum atomic E-state index is -1.41. The third-order valence-electron chi connectivity index (χ3n) is 8.84. The first-order chi connectivity index (χ1) is 18.8. The molecule has 40 heavy (non-hydrogen) atoms. The van der Waals surface area contributed by atoms with Crippen molar-refractivity contribution in [3.8, 4) is 0 Å². The maximum absolute atomic E-state index is 14.8. The molecule has 8 heteroatoms. The third kappa shape index (κ3) is 4.49. The molecule has 0 saturated carbocycles. The molecule has 4 heterocycles. The molecule has 1 aromatic carbocycles. The molecule has 2 saturated heterocycles. The maximum Gasteiger partial charge on any atom is 0.313 e. The van der Waals surface area contributed by atoms with E-state index in [2.05, 4.69) is 20.8 Å². The molecule has 0 radical (unpaired) electrons. The van der Waals surface area contributed by atoms with Gasteiger partial charge in [-0.15, -0.1) is 0 Å². The topological polar surface area (TPSA) is 96.4 Å². The van der Waals surface area contributed by atoms with E-state index in [1.807, 2.05) is 73.4 Å². The number of aliphatic hydroxyl groups is 1. The number of hydrogen-bond donors (Lipinski definition) is 1. The molecule has 6 atom stereocenters. The van der Waals surface area contributed by atoms with Crippen LogP contribution >= 0.6 is 0 Å². The number of rotatable bonds is 5. The Hall–Kier alpha value is -2.97. The summed E-state index contributed by atoms with van der Waals surface area (Å²) in [6.07, 6.45) is 8.78. The van der Waals surface area contributed by atoms with Crippen LogP contribution in [0.4, 0.5) is 0 Å². The fraction of sp³-hybridized carbons (Fsp3) is 0.594. The number of carbonyl (C=O) groups is 3. The van der Waals surface area contributed by atoms with Gasteiger partial charge in [-0.05, 0) is 44.6 Å². The number of benzene rings is 1. The standard InChI is InChI=1S/C32H42N2O6/c1-29(2,3)20-30(4,5)33-17-12-16-32-23(24-28(38)39-18-11-10-15-31(24,6)40-32)26(36)34(25(32)27(33)37)22(19-35)21-13-8-7-9-14-21/h7-10,12-16,22-25,35H,11,17-20H2,1-6H3/t22-,23+,24-,25?,31+,32+/m1/s1. The number of likely N-dealkylation sites (tertiary alicyclic amines) is 1. The van der Waals surface area contributed by atoms with E-state index in [0.29, 0.717) is 18.5 Å². The summed E-state index contributed by atoms with van der Waals surface area (Å²) < 4.78 is 12.4. The number of carbonyl (C=O) groups excluding carboxylic acids is 3. The van der Waals surface area contributed by atoms with Crippen LogP contribution in [-0.4, -0.2) is 75.2 Å². The number of cyclic esters (lactones) is 1. The van der Waals surface area contributed by atoms with Gasteiger partial charge in [0, 0.05) is 12.1 Å². The average molecular weight is 551 g/mol. The highest BCUT2D eigenvalue weighted by Gasteiger charge is 2.75. The number of aliphatic hydroxyl groups excluding tert-OH is 1. The molecule has 1 spiro atoms. The molecule has 4 aliphatic rings. The molecule has 0 aromatic heterocycles. The second kappa shape index (κ2) is 9.84. The molecule has 2 fully saturated rings. The van der Waals surface area contributed by atoms with Crippen molar-refractivity contribution in [1.29, 1.82) is 0 Å². The van der Waals surface area contributed by atoms with Crippen molar-refractivity contribution in [2.24, 2.45) is 17.3 Å². The van der Waals surface area contributed by atoms with Gasteiger partial charge in [-0.25, -0.2) is 0 Å². The Labute approximate surface area is 237 Å². The van der Waals surface area contributed by atoms with Gasteiger partial charge < -0.3 is 24.4 Å². The van der Waals surface area contributed by atoms with E-state index in [4.69, 9.17) is 9.47 Å². The molecule has 1 aromatic rings. The summed E-state index contributed by atoms with van der Waals surface area (Å²) in [5, 5.41) is 10.7. The van der Waals surface area contributed by atoms with E-state index in [0.717, 1.165) is 6.42 Å². The zero-order valence-electron chi connectivity index (χ0n) is 24.4. The molecule has 1 unspecified atom stereocenters. The van der Waals surface area contributed by atoms with Crippen LogP contribution in [0.2, 0.25) is 0 Å². The van der Waals surface area contributed by atoms with Crippen LogP contribution in [0, 0.1) is 17.3 Å². The van der Waals surface area contributed by atoms with Crippen LogP contribution in [0.1, 0.15) is 66.0 Å². The number of nitrogens with zero attached hydrogens (tertiary/aromatic N) is 2. The van der Waals surface area contributed by atoms with E-state index >= 15 is 0 Å². The predicted molar refractivity (Wildman–Crippen MR) is 150 cm³/mol. The van der Waals surface area contributed by atoms with Crippen molar-refractivity contribution in [1.82, 2.24) is 9.80 Å². The van der Waals surface area contributed by atoms with E-state index in [1.54, 1.807) is 6.92 Å². The van der Waals surface area contributed by atoms with Crippen LogP contribution in [0.3, 0.4) is 0 Å². The Bertz CT molecular complexity index is 1230. The van der Waals surface area contributed by atoms with Crippen LogP contribution in [0.15, 0.2) is 54.6 Å². The molecular formula is C32H42N2O6. The van der Waals surface area contributed by atoms with Gasteiger partial charge in [0.25, 0.3) is 0 Å². The van der Waals surface area contributed by atoms with E-state index in [-0.39, 0.29) is 30.4 Å². The Balaban J connectivity index is 1.70. The quantitative estimate of drug-likeness (QED) is 0.443. The summed E-state index contributed by atoms with van der Waals surface area (Å²) in [5.41, 5.74) is -2.43. The second-order valence-corrected chi connectivity index (χ2v) is 13.6. The van der Waals surface area contributed by atoms with Crippen molar-refractivity contribution in [3.63, 3.8) is 0 Å². The highest BCUT2D eigenvalue weighted by molar-refractivity contribution is 5.99. The molecule has 4 aliphatic heterocycles. The van der Waals surface area contributed by atoms with Gasteiger partial charge in [0.15, 0.2) is 0 Å². The van der Waals surface area contributed by atoms with Crippen LogP contribution in [-0.2, 0) is 23.9 Å². The van der Waals surface area contributed by atoms with Crippen molar-refractivity contribution in [2.45, 2.75) is 83.2 Å². The van der Waals surface area contributed by atoms with Crippen molar-refractivity contribution >= 4 is 17.8 Å². The first kappa shape index (κ1) is 28.6. The number of hydrogen-bond acceptors (Lipinski definition) is 6. The van der Waals surface area contributed by atoms with Crippen molar-refractivity contribution in [2.75, 3.05) is 19.8 Å². The Morgan fingerprint density at radius 3 is 2.35 bits per heavy atom. The second-order valence-electron chi connectivity index (χ2n) is 13.6. The van der Waals surface area contributed by atoms with Crippen molar-refractivity contribution < 1.29 is 29.0 Å². The van der Waals surface area contributed by atoms with E-state index in [1.165, 1.54) is 4.90 Å². The SMILES string of the molecule is CC(C)(C)CC(C)(C)N1CC=C[C@]23O[C@@]4(C)C=CCCOC(=O)[C@H]4[C@H]2C(=O)N([C@H](CO)c2ccccc2)C3C1=O. The van der Waals surface area contributed by atoms with Gasteiger partial charge in [0.1, 0.15) is 17.6 Å². The Morgan fingerprint density at radius 1 is 1.00 bits per heavy atom. The first-order valence-electron chi connectivity index (χ1n) is 14.3. The zero-order chi connectivity index (χ0) is 29.1. The fourth-order valence-electron chi connectivity index (χ4n) is 7.73. The minimum Gasteiger partial charge on any atom is -0.465 e. The van der Waals surface area contributed by atoms with Gasteiger partial charge in [0.2, 0.25) is 11.8 Å². The van der Waals surface area contributed by atoms with Crippen molar-refractivity contribution in [3.05, 3.63) is 60.2 Å². The highest BCUT2D eigenvalue weighted by Crippen LogP contribution is 2.58. The smallest absolute Gasteiger partial charge is 0.313 e. The summed E-state index contributed by atoms with van der Waals surface area (Å²) in [6, 6.07) is 7.35. The third-order valence-corrected chi connectivity index (χ3v) is 8.84. The molecule has 5 rings (SSSR count). The van der Waals surface area contributed by atoms with Crippen LogP contribution in [0.25, 0.3) is 0 Å². The van der Waals surface area contributed by atoms with E-state index < -0.39 is 46.6 Å².